The largest absolute Gasteiger partial charge is 0.335 e. The molecule has 1 amide bonds. The lowest BCUT2D eigenvalue weighted by Crippen LogP contribution is -2.31. The van der Waals surface area contributed by atoms with Crippen LogP contribution in [0.4, 0.5) is 5.69 Å². The standard InChI is InChI=1S/C23H19N3O2/c1-3-14-26(18-12-8-5-9-13-18)23(27)19-15-20(17-10-6-4-7-11-17)24-22-21(19)16(2)25-28-22/h3-13,15H,1,14H2,2H3. The first-order valence-electron chi connectivity index (χ1n) is 8.99. The van der Waals surface area contributed by atoms with Gasteiger partial charge in [0.15, 0.2) is 0 Å². The van der Waals surface area contributed by atoms with E-state index in [-0.39, 0.29) is 5.91 Å². The highest BCUT2D eigenvalue weighted by Crippen LogP contribution is 2.29. The van der Waals surface area contributed by atoms with E-state index < -0.39 is 0 Å². The normalized spacial score (nSPS) is 10.8. The van der Waals surface area contributed by atoms with E-state index >= 15 is 0 Å². The molecule has 0 saturated carbocycles. The highest BCUT2D eigenvalue weighted by atomic mass is 16.5. The highest BCUT2D eigenvalue weighted by molar-refractivity contribution is 6.14. The fourth-order valence-electron chi connectivity index (χ4n) is 3.21. The third-order valence-electron chi connectivity index (χ3n) is 4.54. The number of aryl methyl sites for hydroxylation is 1. The predicted octanol–water partition coefficient (Wildman–Crippen LogP) is 5.03. The Hall–Kier alpha value is -3.73. The molecule has 0 spiro atoms. The van der Waals surface area contributed by atoms with Crippen LogP contribution < -0.4 is 4.90 Å². The first-order chi connectivity index (χ1) is 13.7. The molecular weight excluding hydrogens is 350 g/mol. The number of aromatic nitrogens is 2. The molecule has 0 bridgehead atoms. The second-order valence-electron chi connectivity index (χ2n) is 6.41. The third kappa shape index (κ3) is 3.18. The van der Waals surface area contributed by atoms with E-state index in [0.717, 1.165) is 11.3 Å². The van der Waals surface area contributed by atoms with E-state index in [2.05, 4.69) is 16.7 Å². The zero-order chi connectivity index (χ0) is 19.5. The Morgan fingerprint density at radius 3 is 2.46 bits per heavy atom. The van der Waals surface area contributed by atoms with Gasteiger partial charge in [0.2, 0.25) is 0 Å². The molecule has 0 unspecified atom stereocenters. The smallest absolute Gasteiger partial charge is 0.259 e. The summed E-state index contributed by atoms with van der Waals surface area (Å²) in [6.07, 6.45) is 1.71. The van der Waals surface area contributed by atoms with Crippen LogP contribution in [0.1, 0.15) is 16.1 Å². The lowest BCUT2D eigenvalue weighted by Gasteiger charge is -2.22. The van der Waals surface area contributed by atoms with Gasteiger partial charge in [-0.25, -0.2) is 4.98 Å². The summed E-state index contributed by atoms with van der Waals surface area (Å²) in [5.41, 5.74) is 3.87. The molecule has 0 atom stereocenters. The fraction of sp³-hybridized carbons (Fsp3) is 0.0870. The Morgan fingerprint density at radius 2 is 1.79 bits per heavy atom. The number of rotatable bonds is 5. The van der Waals surface area contributed by atoms with Crippen molar-refractivity contribution < 1.29 is 9.32 Å². The third-order valence-corrected chi connectivity index (χ3v) is 4.54. The van der Waals surface area contributed by atoms with E-state index in [0.29, 0.717) is 34.6 Å². The molecule has 0 saturated heterocycles. The summed E-state index contributed by atoms with van der Waals surface area (Å²) in [5.74, 6) is -0.151. The molecule has 2 heterocycles. The Bertz CT molecular complexity index is 1130. The molecule has 5 nitrogen and oxygen atoms in total. The van der Waals surface area contributed by atoms with Crippen LogP contribution in [0, 0.1) is 6.92 Å². The Balaban J connectivity index is 1.89. The van der Waals surface area contributed by atoms with Crippen LogP contribution in [0.3, 0.4) is 0 Å². The van der Waals surface area contributed by atoms with Crippen molar-refractivity contribution in [1.82, 2.24) is 10.1 Å². The minimum atomic E-state index is -0.151. The average Bonchev–Trinajstić information content (AvgIpc) is 3.13. The maximum Gasteiger partial charge on any atom is 0.259 e. The molecule has 0 fully saturated rings. The number of amides is 1. The molecule has 0 radical (unpaired) electrons. The second kappa shape index (κ2) is 7.48. The number of anilines is 1. The van der Waals surface area contributed by atoms with Crippen molar-refractivity contribution in [3.63, 3.8) is 0 Å². The van der Waals surface area contributed by atoms with Gasteiger partial charge in [0.1, 0.15) is 0 Å². The van der Waals surface area contributed by atoms with Crippen molar-refractivity contribution >= 4 is 22.7 Å². The van der Waals surface area contributed by atoms with Gasteiger partial charge in [-0.3, -0.25) is 4.79 Å². The molecule has 0 aliphatic carbocycles. The van der Waals surface area contributed by atoms with Gasteiger partial charge in [0.25, 0.3) is 11.6 Å². The Labute approximate surface area is 162 Å². The molecule has 5 heteroatoms. The van der Waals surface area contributed by atoms with E-state index in [4.69, 9.17) is 4.52 Å². The second-order valence-corrected chi connectivity index (χ2v) is 6.41. The minimum absolute atomic E-state index is 0.151. The van der Waals surface area contributed by atoms with Gasteiger partial charge in [-0.2, -0.15) is 0 Å². The van der Waals surface area contributed by atoms with Gasteiger partial charge in [-0.15, -0.1) is 6.58 Å². The van der Waals surface area contributed by atoms with E-state index in [1.54, 1.807) is 11.0 Å². The molecule has 0 aliphatic rings. The van der Waals surface area contributed by atoms with Crippen LogP contribution in [0.15, 0.2) is 83.9 Å². The minimum Gasteiger partial charge on any atom is -0.335 e. The monoisotopic (exact) mass is 369 g/mol. The van der Waals surface area contributed by atoms with Crippen LogP contribution in [-0.4, -0.2) is 22.6 Å². The number of hydrogen-bond acceptors (Lipinski definition) is 4. The number of para-hydroxylation sites is 1. The van der Waals surface area contributed by atoms with Crippen molar-refractivity contribution in [1.29, 1.82) is 0 Å². The van der Waals surface area contributed by atoms with E-state index in [1.165, 1.54) is 0 Å². The summed E-state index contributed by atoms with van der Waals surface area (Å²) in [7, 11) is 0. The van der Waals surface area contributed by atoms with Crippen LogP contribution in [0.2, 0.25) is 0 Å². The van der Waals surface area contributed by atoms with Crippen molar-refractivity contribution in [2.45, 2.75) is 6.92 Å². The summed E-state index contributed by atoms with van der Waals surface area (Å²) < 4.78 is 5.40. The summed E-state index contributed by atoms with van der Waals surface area (Å²) in [6.45, 7) is 6.00. The summed E-state index contributed by atoms with van der Waals surface area (Å²) in [5, 5.41) is 4.66. The number of benzene rings is 2. The SMILES string of the molecule is C=CCN(C(=O)c1cc(-c2ccccc2)nc2onc(C)c12)c1ccccc1. The molecule has 0 N–H and O–H groups in total. The number of pyridine rings is 1. The van der Waals surface area contributed by atoms with Crippen LogP contribution in [0.25, 0.3) is 22.4 Å². The Morgan fingerprint density at radius 1 is 1.11 bits per heavy atom. The number of fused-ring (bicyclic) bond motifs is 1. The zero-order valence-corrected chi connectivity index (χ0v) is 15.5. The summed E-state index contributed by atoms with van der Waals surface area (Å²) >= 11 is 0. The van der Waals surface area contributed by atoms with Gasteiger partial charge >= 0.3 is 0 Å². The van der Waals surface area contributed by atoms with Gasteiger partial charge < -0.3 is 9.42 Å². The quantitative estimate of drug-likeness (QED) is 0.463. The fourth-order valence-corrected chi connectivity index (χ4v) is 3.21. The highest BCUT2D eigenvalue weighted by Gasteiger charge is 2.24. The zero-order valence-electron chi connectivity index (χ0n) is 15.5. The maximum atomic E-state index is 13.6. The maximum absolute atomic E-state index is 13.6. The molecule has 138 valence electrons. The molecule has 4 aromatic rings. The molecule has 28 heavy (non-hydrogen) atoms. The van der Waals surface area contributed by atoms with Crippen molar-refractivity contribution in [3.8, 4) is 11.3 Å². The number of hydrogen-bond donors (Lipinski definition) is 0. The number of carbonyl (C=O) groups is 1. The Kier molecular flexibility index (Phi) is 4.72. The van der Waals surface area contributed by atoms with Crippen molar-refractivity contribution in [2.75, 3.05) is 11.4 Å². The number of carbonyl (C=O) groups excluding carboxylic acids is 1. The molecule has 4 rings (SSSR count). The van der Waals surface area contributed by atoms with Gasteiger partial charge in [0, 0.05) is 17.8 Å². The van der Waals surface area contributed by atoms with Crippen molar-refractivity contribution in [3.05, 3.63) is 90.6 Å². The summed E-state index contributed by atoms with van der Waals surface area (Å²) in [6, 6.07) is 21.0. The van der Waals surface area contributed by atoms with Crippen LogP contribution >= 0.6 is 0 Å². The number of nitrogens with zero attached hydrogens (tertiary/aromatic N) is 3. The van der Waals surface area contributed by atoms with E-state index in [1.807, 2.05) is 73.7 Å². The average molecular weight is 369 g/mol. The lowest BCUT2D eigenvalue weighted by molar-refractivity contribution is 0.0991. The predicted molar refractivity (Wildman–Crippen MR) is 110 cm³/mol. The first kappa shape index (κ1) is 17.7. The van der Waals surface area contributed by atoms with Crippen LogP contribution in [-0.2, 0) is 0 Å². The lowest BCUT2D eigenvalue weighted by atomic mass is 10.0. The first-order valence-corrected chi connectivity index (χ1v) is 8.99. The topological polar surface area (TPSA) is 59.2 Å². The van der Waals surface area contributed by atoms with Gasteiger partial charge in [-0.05, 0) is 25.1 Å². The van der Waals surface area contributed by atoms with E-state index in [9.17, 15) is 4.79 Å². The van der Waals surface area contributed by atoms with Gasteiger partial charge in [-0.1, -0.05) is 59.8 Å². The molecule has 0 aliphatic heterocycles. The van der Waals surface area contributed by atoms with Crippen LogP contribution in [0.5, 0.6) is 0 Å². The van der Waals surface area contributed by atoms with Gasteiger partial charge in [0.05, 0.1) is 22.3 Å². The molecule has 2 aromatic heterocycles. The molecule has 2 aromatic carbocycles. The summed E-state index contributed by atoms with van der Waals surface area (Å²) in [4.78, 5) is 19.8. The molecular formula is C23H19N3O2. The van der Waals surface area contributed by atoms with Crippen molar-refractivity contribution in [2.24, 2.45) is 0 Å².